The number of hydrazine groups is 1. The van der Waals surface area contributed by atoms with Gasteiger partial charge in [0.05, 0.1) is 4.88 Å². The Morgan fingerprint density at radius 2 is 2.22 bits per heavy atom. The molecule has 2 aromatic heterocycles. The highest BCUT2D eigenvalue weighted by atomic mass is 32.1. The molecule has 0 saturated heterocycles. The van der Waals surface area contributed by atoms with Crippen molar-refractivity contribution in [1.29, 1.82) is 0 Å². The van der Waals surface area contributed by atoms with Crippen LogP contribution in [0.4, 0.5) is 0 Å². The summed E-state index contributed by atoms with van der Waals surface area (Å²) in [5.74, 6) is 0.0757. The molecule has 4 nitrogen and oxygen atoms in total. The van der Waals surface area contributed by atoms with Crippen LogP contribution in [0.5, 0.6) is 0 Å². The van der Waals surface area contributed by atoms with Crippen LogP contribution in [0.3, 0.4) is 0 Å². The molecule has 2 heterocycles. The first-order chi connectivity index (χ1) is 11.1. The third-order valence-electron chi connectivity index (χ3n) is 3.79. The number of nitrogens with one attached hydrogen (secondary N) is 2. The number of carbonyl (C=O) groups is 2. The lowest BCUT2D eigenvalue weighted by molar-refractivity contribution is -0.117. The lowest BCUT2D eigenvalue weighted by atomic mass is 9.90. The maximum absolute atomic E-state index is 12.1. The van der Waals surface area contributed by atoms with Crippen molar-refractivity contribution >= 4 is 40.6 Å². The third kappa shape index (κ3) is 4.09. The second-order valence-corrected chi connectivity index (χ2v) is 7.82. The smallest absolute Gasteiger partial charge is 0.268 e. The molecule has 0 unspecified atom stereocenters. The Kier molecular flexibility index (Phi) is 4.93. The number of amides is 2. The van der Waals surface area contributed by atoms with Crippen molar-refractivity contribution in [3.05, 3.63) is 49.9 Å². The van der Waals surface area contributed by atoms with Gasteiger partial charge in [0, 0.05) is 15.8 Å². The summed E-state index contributed by atoms with van der Waals surface area (Å²) in [5, 5.41) is 1.94. The standard InChI is InChI=1S/C17H18N2O2S2/c1-11-4-6-14-12(9-11)10-15(23-14)17(21)19-18-16(20)7-5-13-3-2-8-22-13/h2-3,5,7-8,10-11H,4,6,9H2,1H3,(H,18,20)(H,19,21)/b7-5+/t11-/m1/s1. The molecule has 23 heavy (non-hydrogen) atoms. The fourth-order valence-corrected chi connectivity index (χ4v) is 4.30. The van der Waals surface area contributed by atoms with Crippen molar-refractivity contribution in [3.63, 3.8) is 0 Å². The SMILES string of the molecule is C[C@@H]1CCc2sc(C(=O)NNC(=O)/C=C/c3cccs3)cc2C1. The van der Waals surface area contributed by atoms with Crippen LogP contribution in [-0.4, -0.2) is 11.8 Å². The van der Waals surface area contributed by atoms with Crippen molar-refractivity contribution in [1.82, 2.24) is 10.9 Å². The molecule has 0 aliphatic heterocycles. The molecule has 2 N–H and O–H groups in total. The monoisotopic (exact) mass is 346 g/mol. The van der Waals surface area contributed by atoms with E-state index in [1.165, 1.54) is 34.3 Å². The summed E-state index contributed by atoms with van der Waals surface area (Å²) >= 11 is 3.08. The van der Waals surface area contributed by atoms with Crippen LogP contribution in [0.1, 0.15) is 38.3 Å². The molecule has 0 saturated carbocycles. The Balaban J connectivity index is 1.54. The van der Waals surface area contributed by atoms with Crippen LogP contribution < -0.4 is 10.9 Å². The predicted octanol–water partition coefficient (Wildman–Crippen LogP) is 3.41. The van der Waals surface area contributed by atoms with E-state index < -0.39 is 0 Å². The zero-order chi connectivity index (χ0) is 16.2. The van der Waals surface area contributed by atoms with Gasteiger partial charge in [0.1, 0.15) is 0 Å². The molecule has 1 aliphatic rings. The Bertz CT molecular complexity index is 732. The minimum atomic E-state index is -0.346. The lowest BCUT2D eigenvalue weighted by Gasteiger charge is -2.16. The number of rotatable bonds is 3. The molecule has 120 valence electrons. The summed E-state index contributed by atoms with van der Waals surface area (Å²) in [6.07, 6.45) is 6.39. The van der Waals surface area contributed by atoms with Crippen molar-refractivity contribution in [2.24, 2.45) is 5.92 Å². The summed E-state index contributed by atoms with van der Waals surface area (Å²) < 4.78 is 0. The molecule has 0 spiro atoms. The van der Waals surface area contributed by atoms with Crippen LogP contribution in [0.2, 0.25) is 0 Å². The molecule has 6 heteroatoms. The largest absolute Gasteiger partial charge is 0.279 e. The van der Waals surface area contributed by atoms with E-state index in [0.717, 1.165) is 17.7 Å². The van der Waals surface area contributed by atoms with Crippen LogP contribution in [0.25, 0.3) is 6.08 Å². The molecule has 0 bridgehead atoms. The minimum absolute atomic E-state index is 0.255. The quantitative estimate of drug-likeness (QED) is 0.661. The number of hydrogen-bond donors (Lipinski definition) is 2. The van der Waals surface area contributed by atoms with Gasteiger partial charge in [-0.15, -0.1) is 22.7 Å². The predicted molar refractivity (Wildman–Crippen MR) is 94.5 cm³/mol. The van der Waals surface area contributed by atoms with Gasteiger partial charge < -0.3 is 0 Å². The molecular weight excluding hydrogens is 328 g/mol. The number of carbonyl (C=O) groups excluding carboxylic acids is 2. The van der Waals surface area contributed by atoms with Gasteiger partial charge in [0.25, 0.3) is 11.8 Å². The average Bonchev–Trinajstić information content (AvgIpc) is 3.19. The zero-order valence-electron chi connectivity index (χ0n) is 12.8. The molecular formula is C17H18N2O2S2. The van der Waals surface area contributed by atoms with Crippen LogP contribution >= 0.6 is 22.7 Å². The Morgan fingerprint density at radius 3 is 3.00 bits per heavy atom. The van der Waals surface area contributed by atoms with Crippen molar-refractivity contribution < 1.29 is 9.59 Å². The maximum Gasteiger partial charge on any atom is 0.279 e. The first-order valence-corrected chi connectivity index (χ1v) is 9.25. The minimum Gasteiger partial charge on any atom is -0.268 e. The van der Waals surface area contributed by atoms with Crippen molar-refractivity contribution in [2.45, 2.75) is 26.2 Å². The van der Waals surface area contributed by atoms with E-state index in [9.17, 15) is 9.59 Å². The fourth-order valence-electron chi connectivity index (χ4n) is 2.58. The summed E-state index contributed by atoms with van der Waals surface area (Å²) in [6.45, 7) is 2.24. The number of fused-ring (bicyclic) bond motifs is 1. The number of thiophene rings is 2. The van der Waals surface area contributed by atoms with E-state index in [-0.39, 0.29) is 11.8 Å². The van der Waals surface area contributed by atoms with Gasteiger partial charge in [0.15, 0.2) is 0 Å². The average molecular weight is 346 g/mol. The van der Waals surface area contributed by atoms with Crippen LogP contribution in [0.15, 0.2) is 29.7 Å². The maximum atomic E-state index is 12.1. The zero-order valence-corrected chi connectivity index (χ0v) is 14.4. The highest BCUT2D eigenvalue weighted by molar-refractivity contribution is 7.14. The first-order valence-electron chi connectivity index (χ1n) is 7.55. The van der Waals surface area contributed by atoms with Gasteiger partial charge in [-0.25, -0.2) is 0 Å². The van der Waals surface area contributed by atoms with E-state index in [1.807, 2.05) is 23.6 Å². The van der Waals surface area contributed by atoms with E-state index in [2.05, 4.69) is 17.8 Å². The summed E-state index contributed by atoms with van der Waals surface area (Å²) in [5.41, 5.74) is 6.17. The van der Waals surface area contributed by atoms with Crippen LogP contribution in [-0.2, 0) is 17.6 Å². The second kappa shape index (κ2) is 7.10. The molecule has 1 aliphatic carbocycles. The van der Waals surface area contributed by atoms with E-state index >= 15 is 0 Å². The highest BCUT2D eigenvalue weighted by Crippen LogP contribution is 2.32. The number of hydrogen-bond acceptors (Lipinski definition) is 4. The summed E-state index contributed by atoms with van der Waals surface area (Å²) in [7, 11) is 0. The molecule has 2 amide bonds. The van der Waals surface area contributed by atoms with Gasteiger partial charge in [-0.2, -0.15) is 0 Å². The second-order valence-electron chi connectivity index (χ2n) is 5.70. The molecule has 3 rings (SSSR count). The normalized spacial score (nSPS) is 17.0. The highest BCUT2D eigenvalue weighted by Gasteiger charge is 2.20. The Labute approximate surface area is 143 Å². The van der Waals surface area contributed by atoms with E-state index in [1.54, 1.807) is 17.4 Å². The Morgan fingerprint density at radius 1 is 1.35 bits per heavy atom. The molecule has 1 atom stereocenters. The topological polar surface area (TPSA) is 58.2 Å². The van der Waals surface area contributed by atoms with Gasteiger partial charge in [-0.3, -0.25) is 20.4 Å². The summed E-state index contributed by atoms with van der Waals surface area (Å²) in [6, 6.07) is 5.80. The van der Waals surface area contributed by atoms with Crippen molar-refractivity contribution in [3.8, 4) is 0 Å². The lowest BCUT2D eigenvalue weighted by Crippen LogP contribution is -2.40. The first kappa shape index (κ1) is 16.0. The molecule has 2 aromatic rings. The van der Waals surface area contributed by atoms with Crippen LogP contribution in [0, 0.1) is 5.92 Å². The van der Waals surface area contributed by atoms with E-state index in [4.69, 9.17) is 0 Å². The van der Waals surface area contributed by atoms with Gasteiger partial charge in [0.2, 0.25) is 0 Å². The van der Waals surface area contributed by atoms with Crippen molar-refractivity contribution in [2.75, 3.05) is 0 Å². The number of aryl methyl sites for hydroxylation is 1. The van der Waals surface area contributed by atoms with Gasteiger partial charge >= 0.3 is 0 Å². The molecule has 0 aromatic carbocycles. The molecule has 0 radical (unpaired) electrons. The Hall–Kier alpha value is -1.92. The summed E-state index contributed by atoms with van der Waals surface area (Å²) in [4.78, 5) is 26.8. The fraction of sp³-hybridized carbons (Fsp3) is 0.294. The van der Waals surface area contributed by atoms with E-state index in [0.29, 0.717) is 10.8 Å². The van der Waals surface area contributed by atoms with Gasteiger partial charge in [-0.1, -0.05) is 13.0 Å². The van der Waals surface area contributed by atoms with Gasteiger partial charge in [-0.05, 0) is 54.3 Å². The molecule has 0 fully saturated rings. The third-order valence-corrected chi connectivity index (χ3v) is 5.87.